The number of allylic oxidation sites excluding steroid dienone is 2. The van der Waals surface area contributed by atoms with E-state index in [1.807, 2.05) is 13.8 Å². The highest BCUT2D eigenvalue weighted by atomic mass is 16.5. The molecule has 0 heterocycles. The van der Waals surface area contributed by atoms with Crippen molar-refractivity contribution in [2.45, 2.75) is 182 Å². The minimum atomic E-state index is -0.0415. The predicted octanol–water partition coefficient (Wildman–Crippen LogP) is 11.1. The van der Waals surface area contributed by atoms with E-state index in [0.717, 1.165) is 19.3 Å². The van der Waals surface area contributed by atoms with Crippen molar-refractivity contribution in [1.29, 1.82) is 0 Å². The molecule has 0 aliphatic heterocycles. The van der Waals surface area contributed by atoms with Gasteiger partial charge in [0.2, 0.25) is 0 Å². The van der Waals surface area contributed by atoms with Crippen molar-refractivity contribution >= 4 is 11.9 Å². The van der Waals surface area contributed by atoms with Crippen LogP contribution in [0.2, 0.25) is 0 Å². The summed E-state index contributed by atoms with van der Waals surface area (Å²) in [5.74, 6) is -0.0782. The molecule has 0 saturated heterocycles. The highest BCUT2D eigenvalue weighted by Crippen LogP contribution is 2.11. The van der Waals surface area contributed by atoms with Crippen LogP contribution in [-0.2, 0) is 19.1 Å². The van der Waals surface area contributed by atoms with Gasteiger partial charge in [-0.2, -0.15) is 0 Å². The van der Waals surface area contributed by atoms with Gasteiger partial charge in [0, 0.05) is 12.8 Å². The number of carbonyl (C=O) groups excluding carboxylic acids is 2. The van der Waals surface area contributed by atoms with E-state index in [4.69, 9.17) is 9.47 Å². The Morgan fingerprint density at radius 1 is 0.421 bits per heavy atom. The summed E-state index contributed by atoms with van der Waals surface area (Å²) in [6, 6.07) is 0. The molecule has 0 aliphatic rings. The molecule has 226 valence electrons. The fraction of sp³-hybridized carbons (Fsp3) is 0.882. The first kappa shape index (κ1) is 38.8. The highest BCUT2D eigenvalue weighted by Gasteiger charge is 2.01. The molecule has 0 spiro atoms. The second kappa shape index (κ2) is 35.7. The Morgan fingerprint density at radius 2 is 0.711 bits per heavy atom. The molecule has 0 aromatic rings. The van der Waals surface area contributed by atoms with Crippen molar-refractivity contribution < 1.29 is 19.1 Å². The van der Waals surface area contributed by atoms with Crippen molar-refractivity contribution in [1.82, 2.24) is 0 Å². The Labute approximate surface area is 238 Å². The van der Waals surface area contributed by atoms with E-state index in [1.165, 1.54) is 122 Å². The number of unbranched alkanes of at least 4 members (excludes halogenated alkanes) is 19. The number of hydrogen-bond donors (Lipinski definition) is 0. The highest BCUT2D eigenvalue weighted by molar-refractivity contribution is 5.69. The molecule has 0 amide bonds. The van der Waals surface area contributed by atoms with E-state index in [1.54, 1.807) is 0 Å². The van der Waals surface area contributed by atoms with Crippen molar-refractivity contribution in [3.63, 3.8) is 0 Å². The zero-order valence-corrected chi connectivity index (χ0v) is 26.2. The van der Waals surface area contributed by atoms with E-state index in [2.05, 4.69) is 26.0 Å². The lowest BCUT2D eigenvalue weighted by molar-refractivity contribution is -0.144. The molecule has 0 aromatic heterocycles. The molecule has 0 aromatic carbocycles. The van der Waals surface area contributed by atoms with Gasteiger partial charge in [-0.15, -0.1) is 0 Å². The van der Waals surface area contributed by atoms with Crippen LogP contribution in [-0.4, -0.2) is 25.2 Å². The standard InChI is InChI=1S/C20H38O2.C14H28O2/c1-3-5-6-7-8-9-10-11-12-13-14-15-16-17-18-19-20(21)22-4-2;1-3-5-6-7-8-9-10-11-12-13-14(15)16-4-2/h11-12H,3-10,13-19H2,1-2H3;3-13H2,1-2H3. The van der Waals surface area contributed by atoms with Gasteiger partial charge in [0.05, 0.1) is 13.2 Å². The lowest BCUT2D eigenvalue weighted by Crippen LogP contribution is -2.03. The van der Waals surface area contributed by atoms with Gasteiger partial charge in [-0.05, 0) is 52.4 Å². The summed E-state index contributed by atoms with van der Waals surface area (Å²) < 4.78 is 9.79. The molecule has 4 heteroatoms. The summed E-state index contributed by atoms with van der Waals surface area (Å²) in [6.45, 7) is 9.24. The Balaban J connectivity index is 0. The molecule has 0 aliphatic carbocycles. The molecule has 0 unspecified atom stereocenters. The summed E-state index contributed by atoms with van der Waals surface area (Å²) >= 11 is 0. The van der Waals surface area contributed by atoms with Gasteiger partial charge in [0.1, 0.15) is 0 Å². The average molecular weight is 539 g/mol. The van der Waals surface area contributed by atoms with Crippen LogP contribution < -0.4 is 0 Å². The molecule has 0 atom stereocenters. The Morgan fingerprint density at radius 3 is 1.03 bits per heavy atom. The van der Waals surface area contributed by atoms with Gasteiger partial charge in [-0.25, -0.2) is 0 Å². The summed E-state index contributed by atoms with van der Waals surface area (Å²) in [4.78, 5) is 22.2. The number of esters is 2. The molecule has 38 heavy (non-hydrogen) atoms. The fourth-order valence-corrected chi connectivity index (χ4v) is 4.39. The quantitative estimate of drug-likeness (QED) is 0.0593. The molecule has 0 bridgehead atoms. The number of hydrogen-bond acceptors (Lipinski definition) is 4. The van der Waals surface area contributed by atoms with E-state index in [9.17, 15) is 9.59 Å². The first-order chi connectivity index (χ1) is 18.6. The van der Waals surface area contributed by atoms with Crippen LogP contribution in [0, 0.1) is 0 Å². The van der Waals surface area contributed by atoms with Crippen LogP contribution in [0.1, 0.15) is 182 Å². The molecule has 0 fully saturated rings. The number of rotatable bonds is 27. The lowest BCUT2D eigenvalue weighted by Gasteiger charge is -2.02. The normalized spacial score (nSPS) is 10.8. The Hall–Kier alpha value is -1.32. The number of ether oxygens (including phenoxy) is 2. The summed E-state index contributed by atoms with van der Waals surface area (Å²) in [5.41, 5.74) is 0. The van der Waals surface area contributed by atoms with Crippen LogP contribution in [0.3, 0.4) is 0 Å². The molecule has 4 nitrogen and oxygen atoms in total. The predicted molar refractivity (Wildman–Crippen MR) is 165 cm³/mol. The second-order valence-corrected chi connectivity index (χ2v) is 10.5. The summed E-state index contributed by atoms with van der Waals surface area (Å²) in [6.07, 6.45) is 34.2. The molecular formula is C34H66O4. The zero-order valence-electron chi connectivity index (χ0n) is 26.2. The van der Waals surface area contributed by atoms with Gasteiger partial charge >= 0.3 is 11.9 Å². The maximum absolute atomic E-state index is 11.1. The Kier molecular flexibility index (Phi) is 36.5. The van der Waals surface area contributed by atoms with E-state index in [-0.39, 0.29) is 11.9 Å². The number of carbonyl (C=O) groups is 2. The SMILES string of the molecule is CCCCCCCCC=CCCCCCCCC(=O)OCC.CCCCCCCCCCCC(=O)OCC. The first-order valence-electron chi connectivity index (χ1n) is 16.6. The van der Waals surface area contributed by atoms with Gasteiger partial charge in [-0.1, -0.05) is 129 Å². The van der Waals surface area contributed by atoms with Crippen molar-refractivity contribution in [3.05, 3.63) is 12.2 Å². The van der Waals surface area contributed by atoms with Crippen molar-refractivity contribution in [2.24, 2.45) is 0 Å². The molecular weight excluding hydrogens is 472 g/mol. The van der Waals surface area contributed by atoms with E-state index in [0.29, 0.717) is 26.1 Å². The fourth-order valence-electron chi connectivity index (χ4n) is 4.39. The minimum Gasteiger partial charge on any atom is -0.466 e. The molecule has 0 radical (unpaired) electrons. The maximum atomic E-state index is 11.1. The lowest BCUT2D eigenvalue weighted by atomic mass is 10.1. The van der Waals surface area contributed by atoms with Crippen molar-refractivity contribution in [3.8, 4) is 0 Å². The topological polar surface area (TPSA) is 52.6 Å². The zero-order chi connectivity index (χ0) is 28.4. The van der Waals surface area contributed by atoms with Crippen LogP contribution in [0.5, 0.6) is 0 Å². The monoisotopic (exact) mass is 538 g/mol. The van der Waals surface area contributed by atoms with E-state index >= 15 is 0 Å². The van der Waals surface area contributed by atoms with Crippen LogP contribution in [0.4, 0.5) is 0 Å². The summed E-state index contributed by atoms with van der Waals surface area (Å²) in [5, 5.41) is 0. The third-order valence-electron chi connectivity index (χ3n) is 6.74. The molecule has 0 saturated carbocycles. The van der Waals surface area contributed by atoms with E-state index < -0.39 is 0 Å². The largest absolute Gasteiger partial charge is 0.466 e. The smallest absolute Gasteiger partial charge is 0.305 e. The van der Waals surface area contributed by atoms with Gasteiger partial charge < -0.3 is 9.47 Å². The third-order valence-corrected chi connectivity index (χ3v) is 6.74. The van der Waals surface area contributed by atoms with Crippen LogP contribution in [0.15, 0.2) is 12.2 Å². The van der Waals surface area contributed by atoms with Gasteiger partial charge in [0.15, 0.2) is 0 Å². The van der Waals surface area contributed by atoms with Crippen LogP contribution in [0.25, 0.3) is 0 Å². The second-order valence-electron chi connectivity index (χ2n) is 10.5. The van der Waals surface area contributed by atoms with Crippen molar-refractivity contribution in [2.75, 3.05) is 13.2 Å². The maximum Gasteiger partial charge on any atom is 0.305 e. The molecule has 0 rings (SSSR count). The Bertz CT molecular complexity index is 501. The first-order valence-corrected chi connectivity index (χ1v) is 16.6. The third kappa shape index (κ3) is 36.8. The minimum absolute atomic E-state index is 0.0366. The van der Waals surface area contributed by atoms with Gasteiger partial charge in [-0.3, -0.25) is 9.59 Å². The van der Waals surface area contributed by atoms with Gasteiger partial charge in [0.25, 0.3) is 0 Å². The summed E-state index contributed by atoms with van der Waals surface area (Å²) in [7, 11) is 0. The van der Waals surface area contributed by atoms with Crippen LogP contribution >= 0.6 is 0 Å². The molecule has 0 N–H and O–H groups in total. The average Bonchev–Trinajstić information content (AvgIpc) is 2.90.